The molecular formula is C15H13FN2O3S. The van der Waals surface area contributed by atoms with Gasteiger partial charge in [0.2, 0.25) is 5.91 Å². The first-order chi connectivity index (χ1) is 10.5. The minimum Gasteiger partial charge on any atom is -0.476 e. The molecule has 1 saturated carbocycles. The molecule has 22 heavy (non-hydrogen) atoms. The summed E-state index contributed by atoms with van der Waals surface area (Å²) in [6.07, 6.45) is 0.702. The number of nitrogens with one attached hydrogen (secondary N) is 1. The summed E-state index contributed by atoms with van der Waals surface area (Å²) in [5, 5.41) is 13.5. The highest BCUT2D eigenvalue weighted by atomic mass is 32.1. The first-order valence-electron chi connectivity index (χ1n) is 6.75. The van der Waals surface area contributed by atoms with Crippen LogP contribution < -0.4 is 5.32 Å². The van der Waals surface area contributed by atoms with Crippen LogP contribution in [-0.4, -0.2) is 22.0 Å². The number of rotatable bonds is 5. The Labute approximate surface area is 129 Å². The van der Waals surface area contributed by atoms with Crippen molar-refractivity contribution in [2.24, 2.45) is 5.92 Å². The Morgan fingerprint density at radius 1 is 1.45 bits per heavy atom. The molecule has 5 nitrogen and oxygen atoms in total. The van der Waals surface area contributed by atoms with Crippen LogP contribution in [0.2, 0.25) is 0 Å². The molecule has 1 aromatic heterocycles. The standard InChI is InChI=1S/C15H13FN2O3S/c16-9-3-1-2-8(4-9)10-5-11(10)14(19)17-6-13-18-12(7-22-13)15(20)21/h1-4,7,10-11H,5-6H2,(H,17,19)(H,20,21)/t10-,11+/m1/s1. The molecule has 1 amide bonds. The maximum absolute atomic E-state index is 13.2. The average molecular weight is 320 g/mol. The Balaban J connectivity index is 1.54. The molecule has 1 heterocycles. The van der Waals surface area contributed by atoms with Gasteiger partial charge in [0.15, 0.2) is 5.69 Å². The number of carbonyl (C=O) groups excluding carboxylic acids is 1. The molecule has 7 heteroatoms. The van der Waals surface area contributed by atoms with Crippen LogP contribution in [0.4, 0.5) is 4.39 Å². The van der Waals surface area contributed by atoms with Crippen LogP contribution in [0.5, 0.6) is 0 Å². The zero-order valence-corrected chi connectivity index (χ0v) is 12.3. The van der Waals surface area contributed by atoms with Crippen LogP contribution in [0.15, 0.2) is 29.6 Å². The van der Waals surface area contributed by atoms with Crippen LogP contribution in [0.1, 0.15) is 33.4 Å². The first kappa shape index (κ1) is 14.6. The fraction of sp³-hybridized carbons (Fsp3) is 0.267. The zero-order chi connectivity index (χ0) is 15.7. The van der Waals surface area contributed by atoms with Crippen molar-refractivity contribution in [3.05, 3.63) is 51.7 Å². The number of carboxylic acids is 1. The van der Waals surface area contributed by atoms with Crippen LogP contribution >= 0.6 is 11.3 Å². The van der Waals surface area contributed by atoms with Crippen LogP contribution in [-0.2, 0) is 11.3 Å². The normalized spacial score (nSPS) is 19.7. The molecule has 2 N–H and O–H groups in total. The lowest BCUT2D eigenvalue weighted by Gasteiger charge is -2.03. The molecular weight excluding hydrogens is 307 g/mol. The van der Waals surface area contributed by atoms with Crippen LogP contribution in [0, 0.1) is 11.7 Å². The lowest BCUT2D eigenvalue weighted by molar-refractivity contribution is -0.122. The number of nitrogens with zero attached hydrogens (tertiary/aromatic N) is 1. The summed E-state index contributed by atoms with van der Waals surface area (Å²) in [6.45, 7) is 0.211. The zero-order valence-electron chi connectivity index (χ0n) is 11.5. The van der Waals surface area contributed by atoms with Crippen molar-refractivity contribution in [2.75, 3.05) is 0 Å². The summed E-state index contributed by atoms with van der Waals surface area (Å²) in [7, 11) is 0. The fourth-order valence-corrected chi connectivity index (χ4v) is 3.08. The fourth-order valence-electron chi connectivity index (χ4n) is 2.37. The maximum atomic E-state index is 13.2. The van der Waals surface area contributed by atoms with Gasteiger partial charge in [0.05, 0.1) is 6.54 Å². The molecule has 0 spiro atoms. The van der Waals surface area contributed by atoms with Crippen molar-refractivity contribution in [3.63, 3.8) is 0 Å². The smallest absolute Gasteiger partial charge is 0.355 e. The van der Waals surface area contributed by atoms with Gasteiger partial charge in [0.25, 0.3) is 0 Å². The molecule has 0 bridgehead atoms. The largest absolute Gasteiger partial charge is 0.476 e. The summed E-state index contributed by atoms with van der Waals surface area (Å²) >= 11 is 1.19. The van der Waals surface area contributed by atoms with E-state index in [1.165, 1.54) is 28.8 Å². The number of aromatic carboxylic acids is 1. The molecule has 3 rings (SSSR count). The monoisotopic (exact) mass is 320 g/mol. The number of aromatic nitrogens is 1. The van der Waals surface area contributed by atoms with Gasteiger partial charge in [0.1, 0.15) is 10.8 Å². The molecule has 0 saturated heterocycles. The summed E-state index contributed by atoms with van der Waals surface area (Å²) in [5.41, 5.74) is 0.820. The quantitative estimate of drug-likeness (QED) is 0.886. The van der Waals surface area contributed by atoms with Gasteiger partial charge < -0.3 is 10.4 Å². The minimum atomic E-state index is -1.08. The molecule has 0 radical (unpaired) electrons. The van der Waals surface area contributed by atoms with Crippen molar-refractivity contribution < 1.29 is 19.1 Å². The van der Waals surface area contributed by atoms with Gasteiger partial charge in [-0.1, -0.05) is 12.1 Å². The second kappa shape index (κ2) is 5.84. The second-order valence-corrected chi connectivity index (χ2v) is 6.10. The third-order valence-corrected chi connectivity index (χ3v) is 4.44. The number of benzene rings is 1. The van der Waals surface area contributed by atoms with Crippen LogP contribution in [0.25, 0.3) is 0 Å². The number of hydrogen-bond donors (Lipinski definition) is 2. The maximum Gasteiger partial charge on any atom is 0.355 e. The van der Waals surface area contributed by atoms with E-state index in [0.29, 0.717) is 11.4 Å². The number of amides is 1. The van der Waals surface area contributed by atoms with E-state index in [2.05, 4.69) is 10.3 Å². The minimum absolute atomic E-state index is 0.0155. The summed E-state index contributed by atoms with van der Waals surface area (Å²) in [4.78, 5) is 26.7. The van der Waals surface area contributed by atoms with Gasteiger partial charge in [-0.25, -0.2) is 14.2 Å². The van der Waals surface area contributed by atoms with E-state index in [-0.39, 0.29) is 35.8 Å². The van der Waals surface area contributed by atoms with E-state index < -0.39 is 5.97 Å². The molecule has 2 aromatic rings. The third kappa shape index (κ3) is 3.14. The summed E-state index contributed by atoms with van der Waals surface area (Å²) < 4.78 is 13.2. The van der Waals surface area contributed by atoms with Crippen molar-refractivity contribution in [3.8, 4) is 0 Å². The van der Waals surface area contributed by atoms with E-state index >= 15 is 0 Å². The Kier molecular flexibility index (Phi) is 3.89. The second-order valence-electron chi connectivity index (χ2n) is 5.15. The van der Waals surface area contributed by atoms with Gasteiger partial charge in [-0.15, -0.1) is 11.3 Å². The van der Waals surface area contributed by atoms with E-state index in [9.17, 15) is 14.0 Å². The van der Waals surface area contributed by atoms with Gasteiger partial charge in [-0.3, -0.25) is 4.79 Å². The van der Waals surface area contributed by atoms with Crippen molar-refractivity contribution >= 4 is 23.2 Å². The lowest BCUT2D eigenvalue weighted by atomic mass is 10.1. The van der Waals surface area contributed by atoms with Gasteiger partial charge in [-0.05, 0) is 30.0 Å². The van der Waals surface area contributed by atoms with E-state index in [0.717, 1.165) is 5.56 Å². The van der Waals surface area contributed by atoms with E-state index in [1.54, 1.807) is 6.07 Å². The highest BCUT2D eigenvalue weighted by Crippen LogP contribution is 2.47. The lowest BCUT2D eigenvalue weighted by Crippen LogP contribution is -2.24. The predicted molar refractivity (Wildman–Crippen MR) is 78.2 cm³/mol. The Morgan fingerprint density at radius 3 is 2.95 bits per heavy atom. The highest BCUT2D eigenvalue weighted by Gasteiger charge is 2.43. The van der Waals surface area contributed by atoms with Crippen molar-refractivity contribution in [2.45, 2.75) is 18.9 Å². The summed E-state index contributed by atoms with van der Waals surface area (Å²) in [6, 6.07) is 6.29. The van der Waals surface area contributed by atoms with Crippen LogP contribution in [0.3, 0.4) is 0 Å². The Bertz CT molecular complexity index is 731. The molecule has 1 aromatic carbocycles. The van der Waals surface area contributed by atoms with E-state index in [4.69, 9.17) is 5.11 Å². The van der Waals surface area contributed by atoms with Gasteiger partial charge in [0, 0.05) is 11.3 Å². The number of halogens is 1. The number of hydrogen-bond acceptors (Lipinski definition) is 4. The molecule has 0 aliphatic heterocycles. The number of thiazole rings is 1. The van der Waals surface area contributed by atoms with Crippen molar-refractivity contribution in [1.29, 1.82) is 0 Å². The summed E-state index contributed by atoms with van der Waals surface area (Å²) in [5.74, 6) is -1.58. The molecule has 1 fully saturated rings. The Hall–Kier alpha value is -2.28. The molecule has 0 unspecified atom stereocenters. The van der Waals surface area contributed by atoms with Gasteiger partial charge in [-0.2, -0.15) is 0 Å². The van der Waals surface area contributed by atoms with Gasteiger partial charge >= 0.3 is 5.97 Å². The number of carboxylic acid groups (broad SMARTS) is 1. The van der Waals surface area contributed by atoms with Crippen molar-refractivity contribution in [1.82, 2.24) is 10.3 Å². The molecule has 2 atom stereocenters. The Morgan fingerprint density at radius 2 is 2.27 bits per heavy atom. The average Bonchev–Trinajstić information content (AvgIpc) is 3.15. The molecule has 114 valence electrons. The highest BCUT2D eigenvalue weighted by molar-refractivity contribution is 7.09. The SMILES string of the molecule is O=C(O)c1csc(CNC(=O)[C@H]2C[C@@H]2c2cccc(F)c2)n1. The molecule has 1 aliphatic rings. The third-order valence-electron chi connectivity index (χ3n) is 3.59. The van der Waals surface area contributed by atoms with E-state index in [1.807, 2.05) is 6.07 Å². The first-order valence-corrected chi connectivity index (χ1v) is 7.63. The topological polar surface area (TPSA) is 79.3 Å². The predicted octanol–water partition coefficient (Wildman–Crippen LogP) is 2.40. The molecule has 1 aliphatic carbocycles. The number of carbonyl (C=O) groups is 2.